The van der Waals surface area contributed by atoms with Gasteiger partial charge in [-0.3, -0.25) is 14.4 Å². The Kier molecular flexibility index (Phi) is 48.5. The molecule has 0 aromatic carbocycles. The van der Waals surface area contributed by atoms with Gasteiger partial charge in [0.05, 0.1) is 0 Å². The normalized spacial score (nSPS) is 12.7. The Morgan fingerprint density at radius 1 is 0.333 bits per heavy atom. The Balaban J connectivity index is 4.35. The maximum atomic E-state index is 12.8. The van der Waals surface area contributed by atoms with E-state index in [4.69, 9.17) is 14.2 Å². The van der Waals surface area contributed by atoms with E-state index in [9.17, 15) is 14.4 Å². The molecule has 0 aliphatic rings. The van der Waals surface area contributed by atoms with Crippen LogP contribution in [0.1, 0.15) is 239 Å². The van der Waals surface area contributed by atoms with E-state index in [1.165, 1.54) is 64.2 Å². The second-order valence-corrected chi connectivity index (χ2v) is 17.1. The third-order valence-electron chi connectivity index (χ3n) is 10.9. The molecule has 0 rings (SSSR count). The van der Waals surface area contributed by atoms with E-state index >= 15 is 0 Å². The monoisotopic (exact) mass is 877 g/mol. The fourth-order valence-electron chi connectivity index (χ4n) is 6.97. The molecule has 6 heteroatoms. The topological polar surface area (TPSA) is 78.9 Å². The molecule has 0 bridgehead atoms. The number of hydrogen-bond donors (Lipinski definition) is 0. The first-order valence-electron chi connectivity index (χ1n) is 26.1. The Bertz CT molecular complexity index is 1240. The van der Waals surface area contributed by atoms with Crippen LogP contribution in [0.5, 0.6) is 0 Å². The lowest BCUT2D eigenvalue weighted by Gasteiger charge is -2.18. The zero-order valence-corrected chi connectivity index (χ0v) is 41.1. The molecular formula is C57H96O6. The molecule has 63 heavy (non-hydrogen) atoms. The lowest BCUT2D eigenvalue weighted by molar-refractivity contribution is -0.167. The third kappa shape index (κ3) is 49.5. The van der Waals surface area contributed by atoms with Gasteiger partial charge in [-0.15, -0.1) is 0 Å². The van der Waals surface area contributed by atoms with Gasteiger partial charge in [-0.05, 0) is 96.3 Å². The Hall–Kier alpha value is -3.41. The first kappa shape index (κ1) is 59.6. The van der Waals surface area contributed by atoms with Crippen molar-refractivity contribution in [3.63, 3.8) is 0 Å². The van der Waals surface area contributed by atoms with Crippen LogP contribution >= 0.6 is 0 Å². The first-order chi connectivity index (χ1) is 31.0. The van der Waals surface area contributed by atoms with E-state index in [0.29, 0.717) is 19.3 Å². The molecule has 0 saturated heterocycles. The van der Waals surface area contributed by atoms with E-state index in [1.54, 1.807) is 0 Å². The molecule has 0 fully saturated rings. The van der Waals surface area contributed by atoms with Gasteiger partial charge in [-0.1, -0.05) is 209 Å². The fraction of sp³-hybridized carbons (Fsp3) is 0.702. The second-order valence-electron chi connectivity index (χ2n) is 17.1. The number of esters is 3. The van der Waals surface area contributed by atoms with Crippen LogP contribution in [0.15, 0.2) is 85.1 Å². The van der Waals surface area contributed by atoms with Crippen LogP contribution in [-0.2, 0) is 28.6 Å². The van der Waals surface area contributed by atoms with E-state index in [1.807, 2.05) is 0 Å². The predicted molar refractivity (Wildman–Crippen MR) is 270 cm³/mol. The molecule has 0 N–H and O–H groups in total. The van der Waals surface area contributed by atoms with Crippen LogP contribution in [0.3, 0.4) is 0 Å². The number of rotatable bonds is 46. The van der Waals surface area contributed by atoms with Gasteiger partial charge in [0.15, 0.2) is 6.10 Å². The van der Waals surface area contributed by atoms with Gasteiger partial charge in [0.25, 0.3) is 0 Å². The van der Waals surface area contributed by atoms with Gasteiger partial charge in [-0.25, -0.2) is 0 Å². The molecule has 1 unspecified atom stereocenters. The fourth-order valence-corrected chi connectivity index (χ4v) is 6.97. The summed E-state index contributed by atoms with van der Waals surface area (Å²) in [5, 5.41) is 0. The van der Waals surface area contributed by atoms with Crippen molar-refractivity contribution in [2.24, 2.45) is 0 Å². The van der Waals surface area contributed by atoms with Crippen molar-refractivity contribution in [1.29, 1.82) is 0 Å². The van der Waals surface area contributed by atoms with Crippen LogP contribution in [0, 0.1) is 0 Å². The van der Waals surface area contributed by atoms with Crippen molar-refractivity contribution in [2.75, 3.05) is 13.2 Å². The molecule has 0 aliphatic heterocycles. The summed E-state index contributed by atoms with van der Waals surface area (Å²) in [6.45, 7) is 6.44. The van der Waals surface area contributed by atoms with E-state index in [2.05, 4.69) is 106 Å². The van der Waals surface area contributed by atoms with E-state index < -0.39 is 6.10 Å². The standard InChI is InChI=1S/C57H96O6/c1-4-7-10-13-16-19-21-23-25-27-28-29-30-31-33-34-36-38-41-44-47-50-56(59)62-53-54(52-61-55(58)49-46-43-40-18-15-12-9-6-3)63-57(60)51-48-45-42-39-37-35-32-26-24-22-20-17-14-11-8-5-2/h7,10,16,19-20,22-23,25-26,28-29,31-33,54H,4-6,8-9,11-15,17-18,21,24,27,30,34-53H2,1-3H3/b10-7-,19-16-,22-20-,25-23-,29-28-,32-26-,33-31-. The van der Waals surface area contributed by atoms with Crippen LogP contribution in [0.25, 0.3) is 0 Å². The molecular weight excluding hydrogens is 781 g/mol. The van der Waals surface area contributed by atoms with E-state index in [-0.39, 0.29) is 31.1 Å². The summed E-state index contributed by atoms with van der Waals surface area (Å²) in [6.07, 6.45) is 65.7. The van der Waals surface area contributed by atoms with Gasteiger partial charge in [0.2, 0.25) is 0 Å². The van der Waals surface area contributed by atoms with Gasteiger partial charge < -0.3 is 14.2 Å². The van der Waals surface area contributed by atoms with Crippen molar-refractivity contribution in [3.8, 4) is 0 Å². The molecule has 1 atom stereocenters. The summed E-state index contributed by atoms with van der Waals surface area (Å²) >= 11 is 0. The molecule has 360 valence electrons. The average molecular weight is 877 g/mol. The van der Waals surface area contributed by atoms with Crippen molar-refractivity contribution < 1.29 is 28.6 Å². The minimum Gasteiger partial charge on any atom is -0.462 e. The number of ether oxygens (including phenoxy) is 3. The molecule has 0 heterocycles. The van der Waals surface area contributed by atoms with Crippen LogP contribution in [0.4, 0.5) is 0 Å². The third-order valence-corrected chi connectivity index (χ3v) is 10.9. The largest absolute Gasteiger partial charge is 0.462 e. The second kappa shape index (κ2) is 51.2. The first-order valence-corrected chi connectivity index (χ1v) is 26.1. The summed E-state index contributed by atoms with van der Waals surface area (Å²) in [6, 6.07) is 0. The van der Waals surface area contributed by atoms with E-state index in [0.717, 1.165) is 135 Å². The zero-order chi connectivity index (χ0) is 45.8. The molecule has 0 saturated carbocycles. The molecule has 0 spiro atoms. The Labute approximate surface area is 388 Å². The summed E-state index contributed by atoms with van der Waals surface area (Å²) in [5.74, 6) is -0.927. The van der Waals surface area contributed by atoms with Gasteiger partial charge in [-0.2, -0.15) is 0 Å². The quantitative estimate of drug-likeness (QED) is 0.0262. The van der Waals surface area contributed by atoms with Gasteiger partial charge in [0.1, 0.15) is 13.2 Å². The smallest absolute Gasteiger partial charge is 0.306 e. The highest BCUT2D eigenvalue weighted by atomic mass is 16.6. The molecule has 0 aromatic heterocycles. The number of allylic oxidation sites excluding steroid dienone is 14. The highest BCUT2D eigenvalue weighted by molar-refractivity contribution is 5.71. The van der Waals surface area contributed by atoms with Crippen molar-refractivity contribution in [2.45, 2.75) is 245 Å². The maximum Gasteiger partial charge on any atom is 0.306 e. The molecule has 6 nitrogen and oxygen atoms in total. The SMILES string of the molecule is CC/C=C\C/C=C\C/C=C\C/C=C\C/C=C\CCCCCCCC(=O)OCC(COC(=O)CCCCCCCCCC)OC(=O)CCCCCCC/C=C\C/C=C\CCCCCC. The molecule has 0 aromatic rings. The molecule has 0 aliphatic carbocycles. The zero-order valence-electron chi connectivity index (χ0n) is 41.1. The summed E-state index contributed by atoms with van der Waals surface area (Å²) < 4.78 is 16.7. The van der Waals surface area contributed by atoms with Crippen molar-refractivity contribution >= 4 is 17.9 Å². The van der Waals surface area contributed by atoms with Crippen molar-refractivity contribution in [3.05, 3.63) is 85.1 Å². The van der Waals surface area contributed by atoms with Crippen LogP contribution < -0.4 is 0 Å². The highest BCUT2D eigenvalue weighted by Crippen LogP contribution is 2.13. The number of carbonyl (C=O) groups is 3. The maximum absolute atomic E-state index is 12.8. The number of hydrogen-bond acceptors (Lipinski definition) is 6. The Morgan fingerprint density at radius 2 is 0.619 bits per heavy atom. The summed E-state index contributed by atoms with van der Waals surface area (Å²) in [4.78, 5) is 37.9. The highest BCUT2D eigenvalue weighted by Gasteiger charge is 2.19. The molecule has 0 radical (unpaired) electrons. The lowest BCUT2D eigenvalue weighted by Crippen LogP contribution is -2.30. The minimum absolute atomic E-state index is 0.0883. The molecule has 0 amide bonds. The van der Waals surface area contributed by atoms with Crippen molar-refractivity contribution in [1.82, 2.24) is 0 Å². The number of carbonyl (C=O) groups excluding carboxylic acids is 3. The van der Waals surface area contributed by atoms with Crippen LogP contribution in [-0.4, -0.2) is 37.2 Å². The lowest BCUT2D eigenvalue weighted by atomic mass is 10.1. The van der Waals surface area contributed by atoms with Gasteiger partial charge >= 0.3 is 17.9 Å². The van der Waals surface area contributed by atoms with Crippen LogP contribution in [0.2, 0.25) is 0 Å². The summed E-state index contributed by atoms with van der Waals surface area (Å²) in [5.41, 5.74) is 0. The minimum atomic E-state index is -0.789. The van der Waals surface area contributed by atoms with Gasteiger partial charge in [0, 0.05) is 19.3 Å². The predicted octanol–water partition coefficient (Wildman–Crippen LogP) is 17.2. The number of unbranched alkanes of at least 4 members (excludes halogenated alkanes) is 21. The summed E-state index contributed by atoms with van der Waals surface area (Å²) in [7, 11) is 0. The average Bonchev–Trinajstić information content (AvgIpc) is 3.28. The Morgan fingerprint density at radius 3 is 0.984 bits per heavy atom.